The Morgan fingerprint density at radius 1 is 1.09 bits per heavy atom. The van der Waals surface area contributed by atoms with Crippen LogP contribution in [0, 0.1) is 0 Å². The number of halogens is 2. The van der Waals surface area contributed by atoms with Crippen molar-refractivity contribution in [3.05, 3.63) is 64.1 Å². The van der Waals surface area contributed by atoms with E-state index in [0.29, 0.717) is 22.3 Å². The molecule has 1 N–H and O–H groups in total. The van der Waals surface area contributed by atoms with Gasteiger partial charge in [-0.3, -0.25) is 4.79 Å². The van der Waals surface area contributed by atoms with Gasteiger partial charge in [-0.1, -0.05) is 47.5 Å². The van der Waals surface area contributed by atoms with Crippen LogP contribution in [0.15, 0.2) is 53.4 Å². The molecule has 0 fully saturated rings. The molecule has 2 nitrogen and oxygen atoms in total. The van der Waals surface area contributed by atoms with Gasteiger partial charge in [-0.15, -0.1) is 11.8 Å². The molecule has 1 amide bonds. The summed E-state index contributed by atoms with van der Waals surface area (Å²) < 4.78 is 0. The third kappa shape index (κ3) is 7.08. The largest absolute Gasteiger partial charge is 0.355 e. The Labute approximate surface area is 155 Å². The number of nitrogens with one attached hydrogen (secondary N) is 1. The zero-order valence-corrected chi connectivity index (χ0v) is 15.6. The maximum atomic E-state index is 11.8. The minimum atomic E-state index is 0.0592. The number of amides is 1. The number of rotatable bonds is 8. The molecule has 0 aliphatic rings. The van der Waals surface area contributed by atoms with Crippen LogP contribution >= 0.6 is 46.7 Å². The van der Waals surface area contributed by atoms with Gasteiger partial charge in [0.05, 0.1) is 5.75 Å². The van der Waals surface area contributed by atoms with Crippen LogP contribution in [0.3, 0.4) is 0 Å². The van der Waals surface area contributed by atoms with E-state index in [9.17, 15) is 4.79 Å². The number of carbonyl (C=O) groups is 1. The minimum Gasteiger partial charge on any atom is -0.355 e. The summed E-state index contributed by atoms with van der Waals surface area (Å²) in [4.78, 5) is 12.9. The first kappa shape index (κ1) is 18.5. The topological polar surface area (TPSA) is 29.1 Å². The van der Waals surface area contributed by atoms with Crippen molar-refractivity contribution < 1.29 is 4.79 Å². The highest BCUT2D eigenvalue weighted by Crippen LogP contribution is 2.24. The van der Waals surface area contributed by atoms with Crippen LogP contribution in [0.2, 0.25) is 10.0 Å². The van der Waals surface area contributed by atoms with Crippen LogP contribution in [-0.4, -0.2) is 24.0 Å². The first-order chi connectivity index (χ1) is 11.1. The number of benzene rings is 2. The molecule has 0 radical (unpaired) electrons. The van der Waals surface area contributed by atoms with Crippen molar-refractivity contribution in [2.75, 3.05) is 18.1 Å². The summed E-state index contributed by atoms with van der Waals surface area (Å²) in [5.41, 5.74) is 1.06. The second-order valence-corrected chi connectivity index (χ2v) is 7.74. The number of carbonyl (C=O) groups excluding carboxylic acids is 1. The van der Waals surface area contributed by atoms with Gasteiger partial charge in [-0.2, -0.15) is 11.8 Å². The highest BCUT2D eigenvalue weighted by Gasteiger charge is 2.04. The lowest BCUT2D eigenvalue weighted by molar-refractivity contribution is -0.118. The number of hydrogen-bond acceptors (Lipinski definition) is 3. The summed E-state index contributed by atoms with van der Waals surface area (Å²) in [6.45, 7) is 0.657. The lowest BCUT2D eigenvalue weighted by Gasteiger charge is -2.07. The lowest BCUT2D eigenvalue weighted by atomic mass is 10.2. The van der Waals surface area contributed by atoms with Crippen LogP contribution in [0.5, 0.6) is 0 Å². The number of hydrogen-bond donors (Lipinski definition) is 1. The monoisotopic (exact) mass is 385 g/mol. The molecule has 23 heavy (non-hydrogen) atoms. The van der Waals surface area contributed by atoms with Crippen molar-refractivity contribution in [1.82, 2.24) is 5.32 Å². The second kappa shape index (κ2) is 10.1. The van der Waals surface area contributed by atoms with E-state index in [1.54, 1.807) is 29.6 Å². The Kier molecular flexibility index (Phi) is 8.17. The van der Waals surface area contributed by atoms with Gasteiger partial charge in [0.25, 0.3) is 0 Å². The Morgan fingerprint density at radius 3 is 2.61 bits per heavy atom. The molecule has 0 saturated carbocycles. The van der Waals surface area contributed by atoms with Crippen molar-refractivity contribution in [2.45, 2.75) is 10.6 Å². The summed E-state index contributed by atoms with van der Waals surface area (Å²) in [5.74, 6) is 2.16. The van der Waals surface area contributed by atoms with Crippen LogP contribution in [0.4, 0.5) is 0 Å². The van der Waals surface area contributed by atoms with Gasteiger partial charge in [-0.05, 0) is 29.8 Å². The lowest BCUT2D eigenvalue weighted by Crippen LogP contribution is -2.27. The fraction of sp³-hybridized carbons (Fsp3) is 0.235. The standard InChI is InChI=1S/C17H17Cl2NOS2/c18-14-7-6-13(16(19)10-14)11-22-9-8-20-17(21)12-23-15-4-2-1-3-5-15/h1-7,10H,8-9,11-12H2,(H,20,21). The van der Waals surface area contributed by atoms with E-state index in [1.807, 2.05) is 42.5 Å². The van der Waals surface area contributed by atoms with Crippen molar-refractivity contribution in [3.63, 3.8) is 0 Å². The predicted octanol–water partition coefficient (Wildman–Crippen LogP) is 5.14. The Morgan fingerprint density at radius 2 is 1.87 bits per heavy atom. The van der Waals surface area contributed by atoms with Gasteiger partial charge in [0.1, 0.15) is 0 Å². The van der Waals surface area contributed by atoms with Crippen molar-refractivity contribution in [2.24, 2.45) is 0 Å². The van der Waals surface area contributed by atoms with E-state index in [1.165, 1.54) is 0 Å². The SMILES string of the molecule is O=C(CSc1ccccc1)NCCSCc1ccc(Cl)cc1Cl. The maximum Gasteiger partial charge on any atom is 0.230 e. The molecule has 0 unspecified atom stereocenters. The highest BCUT2D eigenvalue weighted by molar-refractivity contribution is 8.00. The van der Waals surface area contributed by atoms with Gasteiger partial charge in [-0.25, -0.2) is 0 Å². The van der Waals surface area contributed by atoms with Gasteiger partial charge in [0.15, 0.2) is 0 Å². The molecule has 0 aliphatic heterocycles. The van der Waals surface area contributed by atoms with Crippen LogP contribution in [0.25, 0.3) is 0 Å². The summed E-state index contributed by atoms with van der Waals surface area (Å²) in [6, 6.07) is 15.4. The Balaban J connectivity index is 1.59. The highest BCUT2D eigenvalue weighted by atomic mass is 35.5. The average Bonchev–Trinajstić information content (AvgIpc) is 2.55. The van der Waals surface area contributed by atoms with Gasteiger partial charge >= 0.3 is 0 Å². The summed E-state index contributed by atoms with van der Waals surface area (Å²) in [5, 5.41) is 4.26. The third-order valence-corrected chi connectivity index (χ3v) is 5.56. The maximum absolute atomic E-state index is 11.8. The summed E-state index contributed by atoms with van der Waals surface area (Å²) in [6.07, 6.45) is 0. The van der Waals surface area contributed by atoms with Crippen molar-refractivity contribution in [3.8, 4) is 0 Å². The van der Waals surface area contributed by atoms with Crippen molar-refractivity contribution in [1.29, 1.82) is 0 Å². The third-order valence-electron chi connectivity index (χ3n) is 2.95. The molecule has 0 aliphatic carbocycles. The zero-order valence-electron chi connectivity index (χ0n) is 12.4. The van der Waals surface area contributed by atoms with Gasteiger partial charge in [0.2, 0.25) is 5.91 Å². The molecule has 0 aromatic heterocycles. The van der Waals surface area contributed by atoms with E-state index in [4.69, 9.17) is 23.2 Å². The van der Waals surface area contributed by atoms with E-state index < -0.39 is 0 Å². The molecule has 2 rings (SSSR count). The minimum absolute atomic E-state index is 0.0592. The molecule has 0 saturated heterocycles. The molecule has 2 aromatic rings. The molecule has 0 atom stereocenters. The van der Waals surface area contributed by atoms with Crippen LogP contribution < -0.4 is 5.32 Å². The molecule has 0 heterocycles. The first-order valence-corrected chi connectivity index (χ1v) is 10.0. The first-order valence-electron chi connectivity index (χ1n) is 7.11. The quantitative estimate of drug-likeness (QED) is 0.503. The Bertz CT molecular complexity index is 638. The zero-order chi connectivity index (χ0) is 16.5. The van der Waals surface area contributed by atoms with Crippen LogP contribution in [-0.2, 0) is 10.5 Å². The smallest absolute Gasteiger partial charge is 0.230 e. The fourth-order valence-electron chi connectivity index (χ4n) is 1.80. The van der Waals surface area contributed by atoms with Gasteiger partial charge in [0, 0.05) is 33.0 Å². The second-order valence-electron chi connectivity index (χ2n) is 4.74. The van der Waals surface area contributed by atoms with Crippen LogP contribution in [0.1, 0.15) is 5.56 Å². The van der Waals surface area contributed by atoms with E-state index in [-0.39, 0.29) is 5.91 Å². The normalized spacial score (nSPS) is 10.5. The molecule has 122 valence electrons. The average molecular weight is 386 g/mol. The van der Waals surface area contributed by atoms with E-state index >= 15 is 0 Å². The molecular weight excluding hydrogens is 369 g/mol. The van der Waals surface area contributed by atoms with E-state index in [2.05, 4.69) is 5.32 Å². The summed E-state index contributed by atoms with van der Waals surface area (Å²) in [7, 11) is 0. The molecule has 2 aromatic carbocycles. The summed E-state index contributed by atoms with van der Waals surface area (Å²) >= 11 is 15.3. The molecule has 0 spiro atoms. The fourth-order valence-corrected chi connectivity index (χ4v) is 3.97. The Hall–Kier alpha value is -0.810. The molecule has 0 bridgehead atoms. The van der Waals surface area contributed by atoms with Gasteiger partial charge < -0.3 is 5.32 Å². The molecule has 6 heteroatoms. The van der Waals surface area contributed by atoms with Crippen molar-refractivity contribution >= 4 is 52.6 Å². The predicted molar refractivity (Wildman–Crippen MR) is 103 cm³/mol. The van der Waals surface area contributed by atoms with E-state index in [0.717, 1.165) is 22.0 Å². The number of thioether (sulfide) groups is 2. The molecular formula is C17H17Cl2NOS2.